The second kappa shape index (κ2) is 15.8. The van der Waals surface area contributed by atoms with Crippen molar-refractivity contribution >= 4 is 27.5 Å². The van der Waals surface area contributed by atoms with Crippen LogP contribution in [0.15, 0.2) is 72.8 Å². The first-order chi connectivity index (χ1) is 20.6. The van der Waals surface area contributed by atoms with Crippen molar-refractivity contribution in [3.8, 4) is 17.2 Å². The minimum absolute atomic E-state index is 0.0477. The molecule has 232 valence electrons. The van der Waals surface area contributed by atoms with Gasteiger partial charge in [0.2, 0.25) is 21.8 Å². The molecule has 3 rings (SSSR count). The number of methoxy groups -OCH3 is 3. The number of rotatable bonds is 16. The molecule has 0 aliphatic heterocycles. The lowest BCUT2D eigenvalue weighted by Crippen LogP contribution is -2.53. The Morgan fingerprint density at radius 1 is 0.860 bits per heavy atom. The summed E-state index contributed by atoms with van der Waals surface area (Å²) in [6.07, 6.45) is 2.93. The normalized spacial score (nSPS) is 11.7. The number of benzene rings is 3. The highest BCUT2D eigenvalue weighted by Crippen LogP contribution is 2.34. The molecule has 0 heterocycles. The molecule has 0 fully saturated rings. The largest absolute Gasteiger partial charge is 0.497 e. The van der Waals surface area contributed by atoms with Gasteiger partial charge in [0.25, 0.3) is 0 Å². The Kier molecular flexibility index (Phi) is 12.2. The molecular weight excluding hydrogens is 570 g/mol. The van der Waals surface area contributed by atoms with Crippen molar-refractivity contribution in [2.24, 2.45) is 0 Å². The minimum atomic E-state index is -3.96. The van der Waals surface area contributed by atoms with Gasteiger partial charge < -0.3 is 24.4 Å². The molecule has 1 N–H and O–H groups in total. The number of ether oxygens (including phenoxy) is 3. The van der Waals surface area contributed by atoms with Gasteiger partial charge in [-0.1, -0.05) is 55.8 Å². The predicted octanol–water partition coefficient (Wildman–Crippen LogP) is 4.03. The lowest BCUT2D eigenvalue weighted by molar-refractivity contribution is -0.140. The summed E-state index contributed by atoms with van der Waals surface area (Å²) in [5.41, 5.74) is 1.76. The summed E-state index contributed by atoms with van der Waals surface area (Å²) in [6.45, 7) is 1.98. The second-order valence-electron chi connectivity index (χ2n) is 10.0. The van der Waals surface area contributed by atoms with Gasteiger partial charge in [-0.05, 0) is 41.8 Å². The maximum absolute atomic E-state index is 14.3. The van der Waals surface area contributed by atoms with E-state index >= 15 is 0 Å². The molecule has 0 spiro atoms. The van der Waals surface area contributed by atoms with E-state index in [-0.39, 0.29) is 30.3 Å². The Labute approximate surface area is 254 Å². The van der Waals surface area contributed by atoms with Crippen LogP contribution in [0.2, 0.25) is 0 Å². The van der Waals surface area contributed by atoms with Crippen LogP contribution >= 0.6 is 0 Å². The molecule has 3 aromatic carbocycles. The number of nitrogens with zero attached hydrogens (tertiary/aromatic N) is 2. The molecule has 1 atom stereocenters. The minimum Gasteiger partial charge on any atom is -0.497 e. The van der Waals surface area contributed by atoms with E-state index in [4.69, 9.17) is 14.2 Å². The fourth-order valence-electron chi connectivity index (χ4n) is 4.61. The third-order valence-corrected chi connectivity index (χ3v) is 8.05. The van der Waals surface area contributed by atoms with Gasteiger partial charge in [-0.2, -0.15) is 0 Å². The zero-order chi connectivity index (χ0) is 31.4. The van der Waals surface area contributed by atoms with E-state index < -0.39 is 28.5 Å². The van der Waals surface area contributed by atoms with E-state index in [2.05, 4.69) is 5.32 Å². The van der Waals surface area contributed by atoms with Gasteiger partial charge in [-0.15, -0.1) is 0 Å². The lowest BCUT2D eigenvalue weighted by atomic mass is 10.0. The van der Waals surface area contributed by atoms with Crippen LogP contribution in [0.4, 0.5) is 5.69 Å². The van der Waals surface area contributed by atoms with Crippen LogP contribution < -0.4 is 23.8 Å². The van der Waals surface area contributed by atoms with E-state index in [0.29, 0.717) is 18.0 Å². The van der Waals surface area contributed by atoms with Crippen molar-refractivity contribution in [3.63, 3.8) is 0 Å². The second-order valence-corrected chi connectivity index (χ2v) is 11.9. The van der Waals surface area contributed by atoms with Crippen molar-refractivity contribution in [1.82, 2.24) is 10.2 Å². The van der Waals surface area contributed by atoms with Gasteiger partial charge in [-0.3, -0.25) is 13.9 Å². The number of carbonyl (C=O) groups excluding carboxylic acids is 2. The lowest BCUT2D eigenvalue weighted by Gasteiger charge is -2.33. The van der Waals surface area contributed by atoms with E-state index in [0.717, 1.165) is 34.5 Å². The molecule has 0 aliphatic rings. The molecule has 1 unspecified atom stereocenters. The van der Waals surface area contributed by atoms with Crippen LogP contribution in [0.25, 0.3) is 0 Å². The zero-order valence-corrected chi connectivity index (χ0v) is 26.2. The summed E-state index contributed by atoms with van der Waals surface area (Å²) in [7, 11) is 0.485. The van der Waals surface area contributed by atoms with Crippen LogP contribution in [0.3, 0.4) is 0 Å². The van der Waals surface area contributed by atoms with E-state index in [1.807, 2.05) is 43.3 Å². The fraction of sp³-hybridized carbons (Fsp3) is 0.375. The van der Waals surface area contributed by atoms with Crippen molar-refractivity contribution < 1.29 is 32.2 Å². The van der Waals surface area contributed by atoms with Gasteiger partial charge in [0, 0.05) is 25.6 Å². The number of carbonyl (C=O) groups is 2. The van der Waals surface area contributed by atoms with Crippen LogP contribution in [0.1, 0.15) is 30.9 Å². The molecule has 0 aromatic heterocycles. The maximum atomic E-state index is 14.3. The number of hydrogen-bond donors (Lipinski definition) is 1. The van der Waals surface area contributed by atoms with Crippen LogP contribution in [0.5, 0.6) is 17.2 Å². The molecule has 0 aliphatic carbocycles. The topological polar surface area (TPSA) is 114 Å². The van der Waals surface area contributed by atoms with Crippen molar-refractivity contribution in [1.29, 1.82) is 0 Å². The summed E-state index contributed by atoms with van der Waals surface area (Å²) in [5.74, 6) is 0.401. The van der Waals surface area contributed by atoms with Crippen molar-refractivity contribution in [3.05, 3.63) is 83.9 Å². The highest BCUT2D eigenvalue weighted by atomic mass is 32.2. The highest BCUT2D eigenvalue weighted by molar-refractivity contribution is 7.92. The Bertz CT molecular complexity index is 1460. The predicted molar refractivity (Wildman–Crippen MR) is 167 cm³/mol. The van der Waals surface area contributed by atoms with E-state index in [1.54, 1.807) is 37.4 Å². The maximum Gasteiger partial charge on any atom is 0.244 e. The Balaban J connectivity index is 2.09. The molecule has 0 saturated carbocycles. The first kappa shape index (κ1) is 33.3. The average molecular weight is 612 g/mol. The molecule has 0 saturated heterocycles. The molecular formula is C32H41N3O7S. The van der Waals surface area contributed by atoms with Gasteiger partial charge in [0.05, 0.1) is 33.3 Å². The molecule has 2 amide bonds. The number of amides is 2. The molecule has 0 radical (unpaired) electrons. The number of anilines is 1. The van der Waals surface area contributed by atoms with Gasteiger partial charge in [0.15, 0.2) is 0 Å². The molecule has 0 bridgehead atoms. The number of hydrogen-bond acceptors (Lipinski definition) is 7. The molecule has 43 heavy (non-hydrogen) atoms. The third-order valence-electron chi connectivity index (χ3n) is 6.92. The van der Waals surface area contributed by atoms with Crippen LogP contribution in [-0.2, 0) is 32.6 Å². The first-order valence-electron chi connectivity index (χ1n) is 14.0. The Morgan fingerprint density at radius 2 is 1.53 bits per heavy atom. The summed E-state index contributed by atoms with van der Waals surface area (Å²) in [5, 5.41) is 2.97. The summed E-state index contributed by atoms with van der Waals surface area (Å²) in [4.78, 5) is 29.4. The number of nitrogens with one attached hydrogen (secondary N) is 1. The Morgan fingerprint density at radius 3 is 2.16 bits per heavy atom. The fourth-order valence-corrected chi connectivity index (χ4v) is 5.47. The van der Waals surface area contributed by atoms with Crippen LogP contribution in [0, 0.1) is 0 Å². The van der Waals surface area contributed by atoms with Crippen molar-refractivity contribution in [2.45, 2.75) is 38.8 Å². The van der Waals surface area contributed by atoms with E-state index in [9.17, 15) is 18.0 Å². The SMILES string of the molecule is CCCCNC(=O)C(Cc1ccccc1)N(Cc1cccc(OC)c1)C(=O)CN(c1ccc(OC)cc1OC)S(C)(=O)=O. The van der Waals surface area contributed by atoms with Gasteiger partial charge in [0.1, 0.15) is 29.8 Å². The molecule has 3 aromatic rings. The van der Waals surface area contributed by atoms with Gasteiger partial charge >= 0.3 is 0 Å². The Hall–Kier alpha value is -4.25. The molecule has 11 heteroatoms. The van der Waals surface area contributed by atoms with Crippen molar-refractivity contribution in [2.75, 3.05) is 45.0 Å². The summed E-state index contributed by atoms with van der Waals surface area (Å²) in [6, 6.07) is 20.4. The first-order valence-corrected chi connectivity index (χ1v) is 15.9. The van der Waals surface area contributed by atoms with Gasteiger partial charge in [-0.25, -0.2) is 8.42 Å². The summed E-state index contributed by atoms with van der Waals surface area (Å²) < 4.78 is 43.3. The quantitative estimate of drug-likeness (QED) is 0.243. The summed E-state index contributed by atoms with van der Waals surface area (Å²) >= 11 is 0. The van der Waals surface area contributed by atoms with Crippen LogP contribution in [-0.4, -0.2) is 71.8 Å². The standard InChI is InChI=1S/C32H41N3O7S/c1-6-7-18-33-32(37)29(20-24-12-9-8-10-13-24)34(22-25-14-11-15-26(19-25)40-2)31(36)23-35(43(5,38)39)28-17-16-27(41-3)21-30(28)42-4/h8-17,19,21,29H,6-7,18,20,22-23H2,1-5H3,(H,33,37). The van der Waals surface area contributed by atoms with E-state index in [1.165, 1.54) is 25.2 Å². The highest BCUT2D eigenvalue weighted by Gasteiger charge is 2.33. The third kappa shape index (κ3) is 9.37. The number of sulfonamides is 1. The monoisotopic (exact) mass is 611 g/mol. The average Bonchev–Trinajstić information content (AvgIpc) is 3.01. The molecule has 10 nitrogen and oxygen atoms in total. The zero-order valence-electron chi connectivity index (χ0n) is 25.4. The number of unbranched alkanes of at least 4 members (excludes halogenated alkanes) is 1. The smallest absolute Gasteiger partial charge is 0.244 e.